The molecule has 18 heavy (non-hydrogen) atoms. The monoisotopic (exact) mass is 274 g/mol. The molecule has 2 N–H and O–H groups in total. The largest absolute Gasteiger partial charge is 0.281 e. The smallest absolute Gasteiger partial charge is 0.213 e. The quantitative estimate of drug-likeness (QED) is 0.702. The molecule has 0 unspecified atom stereocenters. The van der Waals surface area contributed by atoms with Gasteiger partial charge in [0.1, 0.15) is 5.01 Å². The van der Waals surface area contributed by atoms with E-state index in [2.05, 4.69) is 32.3 Å². The van der Waals surface area contributed by atoms with Gasteiger partial charge in [0.25, 0.3) is 0 Å². The Morgan fingerprint density at radius 2 is 1.89 bits per heavy atom. The van der Waals surface area contributed by atoms with E-state index in [-0.39, 0.29) is 0 Å². The third-order valence-electron chi connectivity index (χ3n) is 2.53. The highest BCUT2D eigenvalue weighted by molar-refractivity contribution is 7.71. The van der Waals surface area contributed by atoms with Crippen LogP contribution in [0.1, 0.15) is 5.69 Å². The maximum absolute atomic E-state index is 4.96. The lowest BCUT2D eigenvalue weighted by atomic mass is 10.2. The lowest BCUT2D eigenvalue weighted by Gasteiger charge is -1.92. The van der Waals surface area contributed by atoms with E-state index in [4.69, 9.17) is 12.2 Å². The minimum atomic E-state index is 0.457. The van der Waals surface area contributed by atoms with Crippen LogP contribution in [0.4, 0.5) is 0 Å². The summed E-state index contributed by atoms with van der Waals surface area (Å²) >= 11 is 6.57. The maximum Gasteiger partial charge on any atom is 0.213 e. The molecule has 2 aromatic heterocycles. The molecule has 2 heterocycles. The van der Waals surface area contributed by atoms with Gasteiger partial charge in [-0.15, -0.1) is 11.3 Å². The van der Waals surface area contributed by atoms with Gasteiger partial charge in [0.05, 0.1) is 10.6 Å². The zero-order valence-electron chi connectivity index (χ0n) is 9.60. The zero-order chi connectivity index (χ0) is 12.5. The standard InChI is InChI=1S/C12H10N4S2/c1-7-9(10-14-12(17)16-15-10)18-11(13-7)8-5-3-2-4-6-8/h2-6H,1H3,(H2,14,15,16,17). The molecule has 0 amide bonds. The average molecular weight is 274 g/mol. The summed E-state index contributed by atoms with van der Waals surface area (Å²) in [6, 6.07) is 10.1. The van der Waals surface area contributed by atoms with Gasteiger partial charge in [0.15, 0.2) is 5.82 Å². The lowest BCUT2D eigenvalue weighted by molar-refractivity contribution is 1.08. The Morgan fingerprint density at radius 1 is 1.11 bits per heavy atom. The minimum absolute atomic E-state index is 0.457. The van der Waals surface area contributed by atoms with Crippen LogP contribution in [0.3, 0.4) is 0 Å². The molecule has 0 aliphatic carbocycles. The first-order valence-corrected chi connectivity index (χ1v) is 6.64. The van der Waals surface area contributed by atoms with Gasteiger partial charge in [-0.1, -0.05) is 30.3 Å². The number of nitrogens with zero attached hydrogens (tertiary/aromatic N) is 2. The molecule has 0 bridgehead atoms. The van der Waals surface area contributed by atoms with Crippen molar-refractivity contribution in [2.45, 2.75) is 6.92 Å². The van der Waals surface area contributed by atoms with Crippen molar-refractivity contribution in [2.24, 2.45) is 0 Å². The van der Waals surface area contributed by atoms with Crippen LogP contribution in [0.5, 0.6) is 0 Å². The number of aromatic nitrogens is 4. The molecule has 0 radical (unpaired) electrons. The fourth-order valence-corrected chi connectivity index (χ4v) is 2.86. The summed E-state index contributed by atoms with van der Waals surface area (Å²) in [5.41, 5.74) is 2.07. The number of hydrogen-bond donors (Lipinski definition) is 2. The van der Waals surface area contributed by atoms with Crippen molar-refractivity contribution in [3.63, 3.8) is 0 Å². The molecule has 6 heteroatoms. The molecule has 0 saturated carbocycles. The normalized spacial score (nSPS) is 10.7. The summed E-state index contributed by atoms with van der Waals surface area (Å²) in [6.45, 7) is 1.98. The van der Waals surface area contributed by atoms with Gasteiger partial charge in [-0.2, -0.15) is 4.98 Å². The third-order valence-corrected chi connectivity index (χ3v) is 3.94. The van der Waals surface area contributed by atoms with E-state index in [9.17, 15) is 0 Å². The number of nitrogens with one attached hydrogen (secondary N) is 2. The van der Waals surface area contributed by atoms with Gasteiger partial charge in [0.2, 0.25) is 4.77 Å². The number of benzene rings is 1. The van der Waals surface area contributed by atoms with Crippen LogP contribution in [0.25, 0.3) is 21.3 Å². The van der Waals surface area contributed by atoms with Crippen molar-refractivity contribution >= 4 is 23.6 Å². The fraction of sp³-hybridized carbons (Fsp3) is 0.0833. The zero-order valence-corrected chi connectivity index (χ0v) is 11.2. The number of rotatable bonds is 2. The molecular weight excluding hydrogens is 264 g/mol. The van der Waals surface area contributed by atoms with Gasteiger partial charge in [-0.25, -0.2) is 4.98 Å². The van der Waals surface area contributed by atoms with E-state index in [1.54, 1.807) is 11.3 Å². The molecule has 0 fully saturated rings. The first-order chi connectivity index (χ1) is 8.74. The molecular formula is C12H10N4S2. The molecule has 0 saturated heterocycles. The molecule has 3 aromatic rings. The summed E-state index contributed by atoms with van der Waals surface area (Å²) in [6.07, 6.45) is 0. The topological polar surface area (TPSA) is 57.4 Å². The molecule has 90 valence electrons. The Labute approximate surface area is 113 Å². The van der Waals surface area contributed by atoms with E-state index in [1.807, 2.05) is 25.1 Å². The molecule has 1 aromatic carbocycles. The molecule has 4 nitrogen and oxygen atoms in total. The summed E-state index contributed by atoms with van der Waals surface area (Å²) < 4.78 is 0.457. The fourth-order valence-electron chi connectivity index (χ4n) is 1.70. The van der Waals surface area contributed by atoms with Crippen LogP contribution in [-0.2, 0) is 0 Å². The van der Waals surface area contributed by atoms with Crippen molar-refractivity contribution in [3.05, 3.63) is 40.8 Å². The first-order valence-electron chi connectivity index (χ1n) is 5.42. The highest BCUT2D eigenvalue weighted by Crippen LogP contribution is 2.32. The van der Waals surface area contributed by atoms with Gasteiger partial charge in [-0.05, 0) is 19.1 Å². The van der Waals surface area contributed by atoms with Gasteiger partial charge >= 0.3 is 0 Å². The third kappa shape index (κ3) is 2.00. The Kier molecular flexibility index (Phi) is 2.81. The SMILES string of the molecule is Cc1nc(-c2ccccc2)sc1-c1nc(=S)[nH][nH]1. The maximum atomic E-state index is 4.96. The van der Waals surface area contributed by atoms with Crippen molar-refractivity contribution in [1.82, 2.24) is 20.2 Å². The Balaban J connectivity index is 2.09. The van der Waals surface area contributed by atoms with Crippen LogP contribution in [-0.4, -0.2) is 20.2 Å². The number of thiazole rings is 1. The first kappa shape index (κ1) is 11.3. The summed E-state index contributed by atoms with van der Waals surface area (Å²) in [5, 5.41) is 6.75. The van der Waals surface area contributed by atoms with Crippen molar-refractivity contribution in [3.8, 4) is 21.3 Å². The number of H-pyrrole nitrogens is 2. The van der Waals surface area contributed by atoms with Crippen LogP contribution in [0, 0.1) is 11.7 Å². The number of aromatic amines is 2. The van der Waals surface area contributed by atoms with Crippen LogP contribution < -0.4 is 0 Å². The van der Waals surface area contributed by atoms with Gasteiger partial charge < -0.3 is 0 Å². The predicted molar refractivity (Wildman–Crippen MR) is 75.1 cm³/mol. The average Bonchev–Trinajstić information content (AvgIpc) is 2.97. The second-order valence-electron chi connectivity index (χ2n) is 3.82. The van der Waals surface area contributed by atoms with E-state index in [0.29, 0.717) is 4.77 Å². The van der Waals surface area contributed by atoms with Crippen LogP contribution >= 0.6 is 23.6 Å². The lowest BCUT2D eigenvalue weighted by Crippen LogP contribution is -1.80. The second kappa shape index (κ2) is 4.47. The summed E-state index contributed by atoms with van der Waals surface area (Å²) in [7, 11) is 0. The number of hydrogen-bond acceptors (Lipinski definition) is 4. The van der Waals surface area contributed by atoms with Crippen LogP contribution in [0.15, 0.2) is 30.3 Å². The van der Waals surface area contributed by atoms with Crippen molar-refractivity contribution in [2.75, 3.05) is 0 Å². The number of aryl methyl sites for hydroxylation is 1. The Hall–Kier alpha value is -1.79. The van der Waals surface area contributed by atoms with Crippen molar-refractivity contribution in [1.29, 1.82) is 0 Å². The van der Waals surface area contributed by atoms with E-state index in [1.165, 1.54) is 0 Å². The van der Waals surface area contributed by atoms with Gasteiger partial charge in [0, 0.05) is 5.56 Å². The van der Waals surface area contributed by atoms with E-state index < -0.39 is 0 Å². The molecule has 0 aliphatic heterocycles. The molecule has 0 spiro atoms. The minimum Gasteiger partial charge on any atom is -0.281 e. The molecule has 0 atom stereocenters. The predicted octanol–water partition coefficient (Wildman–Crippen LogP) is 3.57. The highest BCUT2D eigenvalue weighted by Gasteiger charge is 2.13. The van der Waals surface area contributed by atoms with Gasteiger partial charge in [-0.3, -0.25) is 10.2 Å². The van der Waals surface area contributed by atoms with E-state index >= 15 is 0 Å². The highest BCUT2D eigenvalue weighted by atomic mass is 32.1. The summed E-state index contributed by atoms with van der Waals surface area (Å²) in [5.74, 6) is 0.747. The second-order valence-corrected chi connectivity index (χ2v) is 5.20. The molecule has 3 rings (SSSR count). The van der Waals surface area contributed by atoms with Crippen molar-refractivity contribution < 1.29 is 0 Å². The molecule has 0 aliphatic rings. The van der Waals surface area contributed by atoms with Crippen LogP contribution in [0.2, 0.25) is 0 Å². The Bertz CT molecular complexity index is 724. The Morgan fingerprint density at radius 3 is 2.56 bits per heavy atom. The van der Waals surface area contributed by atoms with E-state index in [0.717, 1.165) is 27.0 Å². The summed E-state index contributed by atoms with van der Waals surface area (Å²) in [4.78, 5) is 9.82.